The summed E-state index contributed by atoms with van der Waals surface area (Å²) in [5, 5.41) is 12.3. The van der Waals surface area contributed by atoms with E-state index in [4.69, 9.17) is 5.11 Å². The van der Waals surface area contributed by atoms with E-state index in [9.17, 15) is 8.78 Å². The van der Waals surface area contributed by atoms with Crippen LogP contribution in [0.2, 0.25) is 0 Å². The first-order chi connectivity index (χ1) is 7.68. The standard InChI is InChI=1S/C12H15F2NO.ClH/c13-10-2-1-9(7-11(10)14)12(4-6-16)3-5-15-8-12;/h1-2,7,15-16H,3-6,8H2;1H. The van der Waals surface area contributed by atoms with Crippen LogP contribution >= 0.6 is 12.4 Å². The molecular weight excluding hydrogens is 248 g/mol. The van der Waals surface area contributed by atoms with Crippen LogP contribution < -0.4 is 5.32 Å². The lowest BCUT2D eigenvalue weighted by Gasteiger charge is -2.28. The van der Waals surface area contributed by atoms with Crippen LogP contribution in [0, 0.1) is 11.6 Å². The molecule has 96 valence electrons. The molecule has 0 aromatic heterocycles. The van der Waals surface area contributed by atoms with Gasteiger partial charge in [0, 0.05) is 18.6 Å². The van der Waals surface area contributed by atoms with Crippen LogP contribution in [0.5, 0.6) is 0 Å². The van der Waals surface area contributed by atoms with Gasteiger partial charge in [0.2, 0.25) is 0 Å². The van der Waals surface area contributed by atoms with Crippen LogP contribution in [-0.2, 0) is 5.41 Å². The van der Waals surface area contributed by atoms with Gasteiger partial charge in [-0.15, -0.1) is 12.4 Å². The van der Waals surface area contributed by atoms with Crippen molar-refractivity contribution in [3.8, 4) is 0 Å². The van der Waals surface area contributed by atoms with Crippen molar-refractivity contribution in [3.63, 3.8) is 0 Å². The van der Waals surface area contributed by atoms with Gasteiger partial charge in [-0.05, 0) is 37.1 Å². The minimum Gasteiger partial charge on any atom is -0.396 e. The van der Waals surface area contributed by atoms with Gasteiger partial charge in [0.05, 0.1) is 0 Å². The third-order valence-corrected chi connectivity index (χ3v) is 3.37. The molecule has 1 saturated heterocycles. The zero-order valence-corrected chi connectivity index (χ0v) is 10.2. The molecule has 17 heavy (non-hydrogen) atoms. The highest BCUT2D eigenvalue weighted by atomic mass is 35.5. The second kappa shape index (κ2) is 5.76. The Morgan fingerprint density at radius 3 is 2.59 bits per heavy atom. The number of aliphatic hydroxyl groups is 1. The molecule has 2 N–H and O–H groups in total. The molecule has 1 aromatic rings. The molecule has 0 aliphatic carbocycles. The largest absolute Gasteiger partial charge is 0.396 e. The lowest BCUT2D eigenvalue weighted by Crippen LogP contribution is -2.30. The molecule has 1 aromatic carbocycles. The maximum atomic E-state index is 13.2. The number of hydrogen-bond donors (Lipinski definition) is 2. The van der Waals surface area contributed by atoms with Crippen molar-refractivity contribution in [2.45, 2.75) is 18.3 Å². The van der Waals surface area contributed by atoms with Gasteiger partial charge in [-0.3, -0.25) is 0 Å². The Morgan fingerprint density at radius 1 is 1.29 bits per heavy atom. The van der Waals surface area contributed by atoms with E-state index in [1.807, 2.05) is 0 Å². The summed E-state index contributed by atoms with van der Waals surface area (Å²) in [7, 11) is 0. The van der Waals surface area contributed by atoms with Gasteiger partial charge in [-0.1, -0.05) is 6.07 Å². The highest BCUT2D eigenvalue weighted by Crippen LogP contribution is 2.34. The molecule has 1 aliphatic rings. The molecule has 1 fully saturated rings. The number of hydrogen-bond acceptors (Lipinski definition) is 2. The van der Waals surface area contributed by atoms with Crippen molar-refractivity contribution in [3.05, 3.63) is 35.4 Å². The van der Waals surface area contributed by atoms with Crippen molar-refractivity contribution in [1.82, 2.24) is 5.32 Å². The van der Waals surface area contributed by atoms with Gasteiger partial charge in [0.1, 0.15) is 0 Å². The van der Waals surface area contributed by atoms with Crippen LogP contribution in [0.4, 0.5) is 8.78 Å². The van der Waals surface area contributed by atoms with E-state index >= 15 is 0 Å². The molecular formula is C12H16ClF2NO. The van der Waals surface area contributed by atoms with Gasteiger partial charge < -0.3 is 10.4 Å². The van der Waals surface area contributed by atoms with E-state index in [1.54, 1.807) is 6.07 Å². The normalized spacial score (nSPS) is 23.5. The molecule has 2 rings (SSSR count). The number of benzene rings is 1. The monoisotopic (exact) mass is 263 g/mol. The third kappa shape index (κ3) is 2.76. The maximum absolute atomic E-state index is 13.2. The first kappa shape index (κ1) is 14.4. The summed E-state index contributed by atoms with van der Waals surface area (Å²) in [5.74, 6) is -1.64. The summed E-state index contributed by atoms with van der Waals surface area (Å²) in [6.45, 7) is 1.61. The molecule has 0 amide bonds. The molecule has 0 spiro atoms. The van der Waals surface area contributed by atoms with E-state index in [2.05, 4.69) is 5.32 Å². The highest BCUT2D eigenvalue weighted by Gasteiger charge is 2.35. The number of nitrogens with one attached hydrogen (secondary N) is 1. The van der Waals surface area contributed by atoms with Gasteiger partial charge in [-0.2, -0.15) is 0 Å². The van der Waals surface area contributed by atoms with Crippen LogP contribution in [0.15, 0.2) is 18.2 Å². The van der Waals surface area contributed by atoms with Crippen molar-refractivity contribution < 1.29 is 13.9 Å². The number of aliphatic hydroxyl groups excluding tert-OH is 1. The highest BCUT2D eigenvalue weighted by molar-refractivity contribution is 5.85. The van der Waals surface area contributed by atoms with Crippen LogP contribution in [-0.4, -0.2) is 24.8 Å². The molecule has 0 bridgehead atoms. The molecule has 1 atom stereocenters. The van der Waals surface area contributed by atoms with Crippen molar-refractivity contribution in [2.75, 3.05) is 19.7 Å². The predicted molar refractivity (Wildman–Crippen MR) is 64.5 cm³/mol. The zero-order chi connectivity index (χ0) is 11.6. The molecule has 5 heteroatoms. The Labute approximate surface area is 105 Å². The molecule has 0 radical (unpaired) electrons. The smallest absolute Gasteiger partial charge is 0.159 e. The third-order valence-electron chi connectivity index (χ3n) is 3.37. The average molecular weight is 264 g/mol. The first-order valence-electron chi connectivity index (χ1n) is 5.45. The fraction of sp³-hybridized carbons (Fsp3) is 0.500. The zero-order valence-electron chi connectivity index (χ0n) is 9.38. The summed E-state index contributed by atoms with van der Waals surface area (Å²) in [6, 6.07) is 4.02. The topological polar surface area (TPSA) is 32.3 Å². The summed E-state index contributed by atoms with van der Waals surface area (Å²) in [5.41, 5.74) is 0.522. The molecule has 0 saturated carbocycles. The Morgan fingerprint density at radius 2 is 2.06 bits per heavy atom. The van der Waals surface area contributed by atoms with Crippen LogP contribution in [0.25, 0.3) is 0 Å². The van der Waals surface area contributed by atoms with Crippen LogP contribution in [0.1, 0.15) is 18.4 Å². The minimum absolute atomic E-state index is 0. The lowest BCUT2D eigenvalue weighted by molar-refractivity contribution is 0.243. The van der Waals surface area contributed by atoms with E-state index < -0.39 is 11.6 Å². The Kier molecular flexibility index (Phi) is 4.86. The van der Waals surface area contributed by atoms with Crippen molar-refractivity contribution in [2.24, 2.45) is 0 Å². The van der Waals surface area contributed by atoms with E-state index in [0.717, 1.165) is 24.6 Å². The van der Waals surface area contributed by atoms with Gasteiger partial charge in [0.25, 0.3) is 0 Å². The molecule has 1 aliphatic heterocycles. The Hall–Kier alpha value is -0.710. The van der Waals surface area contributed by atoms with Gasteiger partial charge >= 0.3 is 0 Å². The average Bonchev–Trinajstić information content (AvgIpc) is 2.72. The Balaban J connectivity index is 0.00000144. The SMILES string of the molecule is Cl.OCCC1(c2ccc(F)c(F)c2)CCNC1. The Bertz CT molecular complexity index is 381. The quantitative estimate of drug-likeness (QED) is 0.874. The summed E-state index contributed by atoms with van der Waals surface area (Å²) in [4.78, 5) is 0. The summed E-state index contributed by atoms with van der Waals surface area (Å²) in [6.07, 6.45) is 1.42. The molecule has 2 nitrogen and oxygen atoms in total. The van der Waals surface area contributed by atoms with Crippen molar-refractivity contribution >= 4 is 12.4 Å². The molecule has 1 unspecified atom stereocenters. The first-order valence-corrected chi connectivity index (χ1v) is 5.45. The predicted octanol–water partition coefficient (Wildman–Crippen LogP) is 2.00. The van der Waals surface area contributed by atoms with E-state index in [-0.39, 0.29) is 24.4 Å². The number of rotatable bonds is 3. The van der Waals surface area contributed by atoms with Crippen molar-refractivity contribution in [1.29, 1.82) is 0 Å². The lowest BCUT2D eigenvalue weighted by atomic mass is 9.77. The second-order valence-corrected chi connectivity index (χ2v) is 4.31. The summed E-state index contributed by atoms with van der Waals surface area (Å²) < 4.78 is 26.0. The van der Waals surface area contributed by atoms with E-state index in [0.29, 0.717) is 13.0 Å². The number of halogens is 3. The second-order valence-electron chi connectivity index (χ2n) is 4.31. The van der Waals surface area contributed by atoms with Gasteiger partial charge in [0.15, 0.2) is 11.6 Å². The fourth-order valence-corrected chi connectivity index (χ4v) is 2.39. The minimum atomic E-state index is -0.825. The van der Waals surface area contributed by atoms with E-state index in [1.165, 1.54) is 6.07 Å². The maximum Gasteiger partial charge on any atom is 0.159 e. The fourth-order valence-electron chi connectivity index (χ4n) is 2.39. The van der Waals surface area contributed by atoms with Gasteiger partial charge in [-0.25, -0.2) is 8.78 Å². The summed E-state index contributed by atoms with van der Waals surface area (Å²) >= 11 is 0. The molecule has 1 heterocycles. The van der Waals surface area contributed by atoms with Crippen LogP contribution in [0.3, 0.4) is 0 Å².